The molecule has 0 atom stereocenters. The summed E-state index contributed by atoms with van der Waals surface area (Å²) >= 11 is 6.38. The van der Waals surface area contributed by atoms with Crippen LogP contribution in [0.15, 0.2) is 88.6 Å². The van der Waals surface area contributed by atoms with Gasteiger partial charge in [-0.3, -0.25) is 19.1 Å². The van der Waals surface area contributed by atoms with E-state index in [0.717, 1.165) is 16.7 Å². The molecule has 0 spiro atoms. The van der Waals surface area contributed by atoms with E-state index < -0.39 is 11.2 Å². The molecule has 0 bridgehead atoms. The minimum atomic E-state index is -0.530. The van der Waals surface area contributed by atoms with Crippen LogP contribution in [0.1, 0.15) is 19.4 Å². The van der Waals surface area contributed by atoms with Gasteiger partial charge in [-0.2, -0.15) is 0 Å². The zero-order chi connectivity index (χ0) is 24.9. The zero-order valence-electron chi connectivity index (χ0n) is 19.2. The normalized spacial score (nSPS) is 10.9. The summed E-state index contributed by atoms with van der Waals surface area (Å²) in [6.45, 7) is 3.89. The number of nitrogens with zero attached hydrogens (tertiary/aromatic N) is 1. The number of amides is 1. The second kappa shape index (κ2) is 10.4. The van der Waals surface area contributed by atoms with Crippen molar-refractivity contribution in [3.05, 3.63) is 110 Å². The quantitative estimate of drug-likeness (QED) is 0.389. The van der Waals surface area contributed by atoms with Crippen LogP contribution >= 0.6 is 11.6 Å². The highest BCUT2D eigenvalue weighted by molar-refractivity contribution is 6.32. The monoisotopic (exact) mass is 489 g/mol. The van der Waals surface area contributed by atoms with E-state index in [4.69, 9.17) is 16.3 Å². The standard InChI is InChI=1S/C27H24ClN3O4/c1-17(2)35-24-11-6-20(16-23(24)28)19-5-3-4-18(14-19)15-26(33)29-21-7-9-22(10-8-21)31-13-12-25(32)30-27(31)34/h3-14,16-17H,15H2,1-2H3,(H,29,33)(H,30,32,34). The summed E-state index contributed by atoms with van der Waals surface area (Å²) < 4.78 is 7.01. The number of carbonyl (C=O) groups is 1. The maximum atomic E-state index is 12.6. The van der Waals surface area contributed by atoms with Crippen molar-refractivity contribution in [1.29, 1.82) is 0 Å². The molecule has 2 N–H and O–H groups in total. The van der Waals surface area contributed by atoms with Crippen molar-refractivity contribution in [2.45, 2.75) is 26.4 Å². The van der Waals surface area contributed by atoms with E-state index in [1.165, 1.54) is 16.8 Å². The molecular formula is C27H24ClN3O4. The Labute approximate surface area is 207 Å². The SMILES string of the molecule is CC(C)Oc1ccc(-c2cccc(CC(=O)Nc3ccc(-n4ccc(=O)[nH]c4=O)cc3)c2)cc1Cl. The van der Waals surface area contributed by atoms with Gasteiger partial charge >= 0.3 is 5.69 Å². The molecule has 35 heavy (non-hydrogen) atoms. The molecular weight excluding hydrogens is 466 g/mol. The highest BCUT2D eigenvalue weighted by Crippen LogP contribution is 2.31. The molecule has 0 unspecified atom stereocenters. The van der Waals surface area contributed by atoms with Crippen molar-refractivity contribution in [3.63, 3.8) is 0 Å². The smallest absolute Gasteiger partial charge is 0.332 e. The highest BCUT2D eigenvalue weighted by Gasteiger charge is 2.09. The fourth-order valence-corrected chi connectivity index (χ4v) is 3.83. The van der Waals surface area contributed by atoms with Crippen molar-refractivity contribution in [2.24, 2.45) is 0 Å². The lowest BCUT2D eigenvalue weighted by molar-refractivity contribution is -0.115. The number of halogens is 1. The van der Waals surface area contributed by atoms with E-state index in [9.17, 15) is 14.4 Å². The Morgan fingerprint density at radius 3 is 2.43 bits per heavy atom. The molecule has 1 heterocycles. The molecule has 4 rings (SSSR count). The highest BCUT2D eigenvalue weighted by atomic mass is 35.5. The van der Waals surface area contributed by atoms with E-state index in [0.29, 0.717) is 22.1 Å². The van der Waals surface area contributed by atoms with Crippen LogP contribution < -0.4 is 21.3 Å². The summed E-state index contributed by atoms with van der Waals surface area (Å²) in [5, 5.41) is 3.40. The van der Waals surface area contributed by atoms with Gasteiger partial charge in [0.2, 0.25) is 5.91 Å². The number of carbonyl (C=O) groups excluding carboxylic acids is 1. The van der Waals surface area contributed by atoms with E-state index >= 15 is 0 Å². The van der Waals surface area contributed by atoms with Gasteiger partial charge < -0.3 is 10.1 Å². The summed E-state index contributed by atoms with van der Waals surface area (Å²) in [5.74, 6) is 0.465. The topological polar surface area (TPSA) is 93.2 Å². The second-order valence-electron chi connectivity index (χ2n) is 8.26. The van der Waals surface area contributed by atoms with Crippen LogP contribution in [0.4, 0.5) is 5.69 Å². The van der Waals surface area contributed by atoms with Crippen molar-refractivity contribution in [2.75, 3.05) is 5.32 Å². The van der Waals surface area contributed by atoms with Crippen LogP contribution in [-0.4, -0.2) is 21.6 Å². The molecule has 7 nitrogen and oxygen atoms in total. The van der Waals surface area contributed by atoms with Gasteiger partial charge in [-0.15, -0.1) is 0 Å². The fourth-order valence-electron chi connectivity index (χ4n) is 3.61. The molecule has 178 valence electrons. The summed E-state index contributed by atoms with van der Waals surface area (Å²) in [6, 6.07) is 21.4. The molecule has 4 aromatic rings. The molecule has 0 aliphatic heterocycles. The average Bonchev–Trinajstić information content (AvgIpc) is 2.81. The number of benzene rings is 3. The molecule has 8 heteroatoms. The zero-order valence-corrected chi connectivity index (χ0v) is 20.0. The maximum Gasteiger partial charge on any atom is 0.332 e. The molecule has 0 aliphatic carbocycles. The van der Waals surface area contributed by atoms with Crippen LogP contribution in [0.3, 0.4) is 0 Å². The van der Waals surface area contributed by atoms with Gasteiger partial charge in [0.25, 0.3) is 5.56 Å². The van der Waals surface area contributed by atoms with Crippen molar-refractivity contribution < 1.29 is 9.53 Å². The van der Waals surface area contributed by atoms with E-state index in [1.807, 2.05) is 56.3 Å². The van der Waals surface area contributed by atoms with Crippen molar-refractivity contribution in [3.8, 4) is 22.6 Å². The third-order valence-corrected chi connectivity index (χ3v) is 5.47. The summed E-state index contributed by atoms with van der Waals surface area (Å²) in [4.78, 5) is 38.0. The Hall–Kier alpha value is -4.10. The lowest BCUT2D eigenvalue weighted by atomic mass is 10.0. The van der Waals surface area contributed by atoms with Gasteiger partial charge in [0.15, 0.2) is 0 Å². The number of nitrogens with one attached hydrogen (secondary N) is 2. The fraction of sp³-hybridized carbons (Fsp3) is 0.148. The number of hydrogen-bond donors (Lipinski definition) is 2. The molecule has 3 aromatic carbocycles. The largest absolute Gasteiger partial charge is 0.489 e. The molecule has 0 saturated heterocycles. The first-order valence-corrected chi connectivity index (χ1v) is 11.4. The van der Waals surface area contributed by atoms with Gasteiger partial charge in [0, 0.05) is 18.0 Å². The predicted molar refractivity (Wildman–Crippen MR) is 138 cm³/mol. The van der Waals surface area contributed by atoms with Gasteiger partial charge in [-0.05, 0) is 66.9 Å². The Morgan fingerprint density at radius 1 is 1.00 bits per heavy atom. The summed E-state index contributed by atoms with van der Waals surface area (Å²) in [5.41, 5.74) is 2.91. The van der Waals surface area contributed by atoms with Gasteiger partial charge in [0.05, 0.1) is 23.2 Å². The van der Waals surface area contributed by atoms with Crippen LogP contribution in [0.5, 0.6) is 5.75 Å². The van der Waals surface area contributed by atoms with Crippen LogP contribution in [0, 0.1) is 0 Å². The van der Waals surface area contributed by atoms with Crippen molar-refractivity contribution in [1.82, 2.24) is 9.55 Å². The molecule has 0 fully saturated rings. The molecule has 0 aliphatic rings. The summed E-state index contributed by atoms with van der Waals surface area (Å²) in [7, 11) is 0. The third-order valence-electron chi connectivity index (χ3n) is 5.17. The lowest BCUT2D eigenvalue weighted by Gasteiger charge is -2.13. The average molecular weight is 490 g/mol. The Kier molecular flexibility index (Phi) is 7.17. The first-order chi connectivity index (χ1) is 16.8. The number of ether oxygens (including phenoxy) is 1. The minimum Gasteiger partial charge on any atom is -0.489 e. The van der Waals surface area contributed by atoms with E-state index in [2.05, 4.69) is 10.3 Å². The Bertz CT molecular complexity index is 1470. The van der Waals surface area contributed by atoms with E-state index in [-0.39, 0.29) is 18.4 Å². The Balaban J connectivity index is 1.43. The van der Waals surface area contributed by atoms with Crippen molar-refractivity contribution >= 4 is 23.2 Å². The van der Waals surface area contributed by atoms with Gasteiger partial charge in [-0.25, -0.2) is 4.79 Å². The lowest BCUT2D eigenvalue weighted by Crippen LogP contribution is -2.27. The second-order valence-corrected chi connectivity index (χ2v) is 8.67. The minimum absolute atomic E-state index is 0.0307. The number of rotatable bonds is 7. The van der Waals surface area contributed by atoms with Gasteiger partial charge in [-0.1, -0.05) is 41.9 Å². The number of anilines is 1. The molecule has 0 saturated carbocycles. The number of aromatic amines is 1. The molecule has 1 amide bonds. The summed E-state index contributed by atoms with van der Waals surface area (Å²) in [6.07, 6.45) is 1.63. The van der Waals surface area contributed by atoms with E-state index in [1.54, 1.807) is 24.3 Å². The number of aromatic nitrogens is 2. The molecule has 0 radical (unpaired) electrons. The predicted octanol–water partition coefficient (Wildman–Crippen LogP) is 4.81. The first-order valence-electron chi connectivity index (χ1n) is 11.1. The third kappa shape index (κ3) is 6.07. The van der Waals surface area contributed by atoms with Crippen LogP contribution in [0.2, 0.25) is 5.02 Å². The van der Waals surface area contributed by atoms with Crippen LogP contribution in [0.25, 0.3) is 16.8 Å². The maximum absolute atomic E-state index is 12.6. The first kappa shape index (κ1) is 24.0. The van der Waals surface area contributed by atoms with Gasteiger partial charge in [0.1, 0.15) is 5.75 Å². The van der Waals surface area contributed by atoms with Crippen LogP contribution in [-0.2, 0) is 11.2 Å². The molecule has 1 aromatic heterocycles. The Morgan fingerprint density at radius 2 is 1.74 bits per heavy atom. The number of hydrogen-bond acceptors (Lipinski definition) is 4. The number of H-pyrrole nitrogens is 1.